The Kier molecular flexibility index (Phi) is 12.3. The summed E-state index contributed by atoms with van der Waals surface area (Å²) in [6, 6.07) is 0. The summed E-state index contributed by atoms with van der Waals surface area (Å²) >= 11 is 5.76. The van der Waals surface area contributed by atoms with Gasteiger partial charge in [-0.1, -0.05) is 54.9 Å². The number of aliphatic hydroxyl groups is 1. The molecule has 126 valence electrons. The van der Waals surface area contributed by atoms with Crippen LogP contribution in [0.2, 0.25) is 0 Å². The molecule has 0 atom stereocenters. The molecule has 0 aromatic rings. The molecule has 0 radical (unpaired) electrons. The molecule has 0 aromatic heterocycles. The van der Waals surface area contributed by atoms with Crippen LogP contribution < -0.4 is 0 Å². The van der Waals surface area contributed by atoms with Crippen LogP contribution in [0.1, 0.15) is 60.3 Å². The Labute approximate surface area is 142 Å². The van der Waals surface area contributed by atoms with Crippen molar-refractivity contribution in [3.63, 3.8) is 0 Å². The van der Waals surface area contributed by atoms with E-state index in [-0.39, 0.29) is 6.61 Å². The van der Waals surface area contributed by atoms with Gasteiger partial charge in [0.05, 0.1) is 6.61 Å². The third-order valence-corrected chi connectivity index (χ3v) is 4.20. The number of allylic oxidation sites excluding steroid dienone is 7. The van der Waals surface area contributed by atoms with E-state index in [9.17, 15) is 5.11 Å². The minimum atomic E-state index is 0.149. The van der Waals surface area contributed by atoms with Gasteiger partial charge in [-0.2, -0.15) is 0 Å². The molecule has 0 saturated heterocycles. The summed E-state index contributed by atoms with van der Waals surface area (Å²) < 4.78 is 0. The van der Waals surface area contributed by atoms with Gasteiger partial charge in [0.1, 0.15) is 0 Å². The first kappa shape index (κ1) is 21.2. The first-order chi connectivity index (χ1) is 10.4. The fourth-order valence-electron chi connectivity index (χ4n) is 2.01. The van der Waals surface area contributed by atoms with Crippen molar-refractivity contribution in [1.29, 1.82) is 0 Å². The predicted molar refractivity (Wildman–Crippen MR) is 100 cm³/mol. The molecule has 22 heavy (non-hydrogen) atoms. The Morgan fingerprint density at radius 2 is 1.45 bits per heavy atom. The van der Waals surface area contributed by atoms with Crippen molar-refractivity contribution in [2.75, 3.05) is 12.5 Å². The fourth-order valence-corrected chi connectivity index (χ4v) is 2.12. The molecule has 0 unspecified atom stereocenters. The van der Waals surface area contributed by atoms with Crippen molar-refractivity contribution in [3.05, 3.63) is 46.6 Å². The SMILES string of the molecule is C/C(=C\CC/C(C)=C/CC/C(C)=C/C=C(\CO)C(C)C)CCl. The Balaban J connectivity index is 4.24. The van der Waals surface area contributed by atoms with Gasteiger partial charge in [-0.05, 0) is 57.9 Å². The van der Waals surface area contributed by atoms with Gasteiger partial charge in [0.2, 0.25) is 0 Å². The molecule has 1 nitrogen and oxygen atoms in total. The van der Waals surface area contributed by atoms with Gasteiger partial charge >= 0.3 is 0 Å². The summed E-state index contributed by atoms with van der Waals surface area (Å²) in [7, 11) is 0. The molecule has 0 aliphatic heterocycles. The van der Waals surface area contributed by atoms with Gasteiger partial charge in [0.25, 0.3) is 0 Å². The Hall–Kier alpha value is -0.790. The summed E-state index contributed by atoms with van der Waals surface area (Å²) in [5.74, 6) is 1.03. The van der Waals surface area contributed by atoms with Gasteiger partial charge in [0, 0.05) is 5.88 Å². The van der Waals surface area contributed by atoms with Gasteiger partial charge in [-0.3, -0.25) is 0 Å². The van der Waals surface area contributed by atoms with E-state index in [4.69, 9.17) is 11.6 Å². The lowest BCUT2D eigenvalue weighted by Crippen LogP contribution is -1.98. The number of alkyl halides is 1. The Morgan fingerprint density at radius 3 is 1.95 bits per heavy atom. The molecule has 1 N–H and O–H groups in total. The van der Waals surface area contributed by atoms with Crippen LogP contribution in [-0.2, 0) is 0 Å². The van der Waals surface area contributed by atoms with E-state index in [0.717, 1.165) is 31.3 Å². The summed E-state index contributed by atoms with van der Waals surface area (Å²) in [4.78, 5) is 0. The maximum atomic E-state index is 9.28. The first-order valence-electron chi connectivity index (χ1n) is 8.25. The lowest BCUT2D eigenvalue weighted by atomic mass is 10.0. The topological polar surface area (TPSA) is 20.2 Å². The second-order valence-electron chi connectivity index (χ2n) is 6.38. The molecular formula is C20H33ClO. The van der Waals surface area contributed by atoms with Crippen LogP contribution in [0.25, 0.3) is 0 Å². The van der Waals surface area contributed by atoms with E-state index < -0.39 is 0 Å². The summed E-state index contributed by atoms with van der Waals surface area (Å²) in [6.07, 6.45) is 13.1. The zero-order valence-electron chi connectivity index (χ0n) is 15.0. The maximum absolute atomic E-state index is 9.28. The third-order valence-electron chi connectivity index (χ3n) is 3.78. The molecule has 0 spiro atoms. The lowest BCUT2D eigenvalue weighted by Gasteiger charge is -2.06. The zero-order chi connectivity index (χ0) is 17.0. The van der Waals surface area contributed by atoms with Gasteiger partial charge in [-0.25, -0.2) is 0 Å². The Morgan fingerprint density at radius 1 is 0.909 bits per heavy atom. The number of hydrogen-bond donors (Lipinski definition) is 1. The predicted octanol–water partition coefficient (Wildman–Crippen LogP) is 6.20. The standard InChI is InChI=1S/C20H33ClO/c1-16(2)20(15-22)13-12-18(4)10-6-8-17(3)9-7-11-19(5)14-21/h8,11-13,16,22H,6-7,9-10,14-15H2,1-5H3/b17-8+,18-12+,19-11+,20-13+. The number of halogens is 1. The zero-order valence-corrected chi connectivity index (χ0v) is 15.7. The van der Waals surface area contributed by atoms with Gasteiger partial charge in [-0.15, -0.1) is 11.6 Å². The molecule has 0 fully saturated rings. The van der Waals surface area contributed by atoms with Crippen LogP contribution in [0.5, 0.6) is 0 Å². The van der Waals surface area contributed by atoms with Crippen molar-refractivity contribution in [1.82, 2.24) is 0 Å². The highest BCUT2D eigenvalue weighted by molar-refractivity contribution is 6.19. The van der Waals surface area contributed by atoms with Crippen molar-refractivity contribution >= 4 is 11.6 Å². The number of rotatable bonds is 10. The highest BCUT2D eigenvalue weighted by atomic mass is 35.5. The quantitative estimate of drug-likeness (QED) is 0.288. The summed E-state index contributed by atoms with van der Waals surface area (Å²) in [5.41, 5.74) is 5.14. The number of hydrogen-bond acceptors (Lipinski definition) is 1. The molecule has 0 aromatic carbocycles. The molecule has 0 saturated carbocycles. The van der Waals surface area contributed by atoms with Crippen molar-refractivity contribution in [3.8, 4) is 0 Å². The van der Waals surface area contributed by atoms with Crippen LogP contribution in [0.15, 0.2) is 46.6 Å². The molecule has 0 bridgehead atoms. The van der Waals surface area contributed by atoms with E-state index in [1.54, 1.807) is 0 Å². The Bertz CT molecular complexity index is 425. The molecule has 0 aliphatic carbocycles. The highest BCUT2D eigenvalue weighted by Crippen LogP contribution is 2.13. The van der Waals surface area contributed by atoms with E-state index in [1.807, 2.05) is 0 Å². The maximum Gasteiger partial charge on any atom is 0.0647 e. The van der Waals surface area contributed by atoms with Crippen LogP contribution in [0, 0.1) is 5.92 Å². The van der Waals surface area contributed by atoms with Crippen LogP contribution in [0.4, 0.5) is 0 Å². The average Bonchev–Trinajstić information content (AvgIpc) is 2.47. The third kappa shape index (κ3) is 10.9. The van der Waals surface area contributed by atoms with E-state index in [1.165, 1.54) is 16.7 Å². The second-order valence-corrected chi connectivity index (χ2v) is 6.65. The van der Waals surface area contributed by atoms with E-state index in [0.29, 0.717) is 11.8 Å². The van der Waals surface area contributed by atoms with Crippen LogP contribution >= 0.6 is 11.6 Å². The molecule has 0 aliphatic rings. The normalized spacial score (nSPS) is 14.9. The van der Waals surface area contributed by atoms with Crippen LogP contribution in [0.3, 0.4) is 0 Å². The van der Waals surface area contributed by atoms with Crippen LogP contribution in [-0.4, -0.2) is 17.6 Å². The lowest BCUT2D eigenvalue weighted by molar-refractivity contribution is 0.318. The smallest absolute Gasteiger partial charge is 0.0647 e. The first-order valence-corrected chi connectivity index (χ1v) is 8.78. The number of aliphatic hydroxyl groups excluding tert-OH is 1. The summed E-state index contributed by atoms with van der Waals surface area (Å²) in [5, 5.41) is 9.28. The van der Waals surface area contributed by atoms with Gasteiger partial charge < -0.3 is 5.11 Å². The molecule has 0 rings (SSSR count). The molecule has 0 amide bonds. The molecule has 2 heteroatoms. The van der Waals surface area contributed by atoms with Crippen molar-refractivity contribution in [2.45, 2.75) is 60.3 Å². The van der Waals surface area contributed by atoms with Crippen molar-refractivity contribution in [2.24, 2.45) is 5.92 Å². The van der Waals surface area contributed by atoms with Gasteiger partial charge in [0.15, 0.2) is 0 Å². The largest absolute Gasteiger partial charge is 0.392 e. The minimum absolute atomic E-state index is 0.149. The minimum Gasteiger partial charge on any atom is -0.392 e. The van der Waals surface area contributed by atoms with E-state index >= 15 is 0 Å². The highest BCUT2D eigenvalue weighted by Gasteiger charge is 1.99. The van der Waals surface area contributed by atoms with Crippen molar-refractivity contribution < 1.29 is 5.11 Å². The fraction of sp³-hybridized carbons (Fsp3) is 0.600. The van der Waals surface area contributed by atoms with E-state index in [2.05, 4.69) is 58.9 Å². The average molecular weight is 325 g/mol. The molecule has 0 heterocycles. The second kappa shape index (κ2) is 12.7. The molecular weight excluding hydrogens is 292 g/mol. The summed E-state index contributed by atoms with van der Waals surface area (Å²) in [6.45, 7) is 10.8. The monoisotopic (exact) mass is 324 g/mol.